The molecular formula is C20H22N4O3S. The van der Waals surface area contributed by atoms with Crippen molar-refractivity contribution in [3.05, 3.63) is 48.2 Å². The number of amides is 2. The maximum atomic E-state index is 12.3. The largest absolute Gasteiger partial charge is 0.378 e. The molecule has 0 bridgehead atoms. The first-order chi connectivity index (χ1) is 13.7. The number of carbonyl (C=O) groups is 2. The molecule has 4 rings (SSSR count). The van der Waals surface area contributed by atoms with E-state index >= 15 is 0 Å². The minimum absolute atomic E-state index is 0.129. The predicted octanol–water partition coefficient (Wildman–Crippen LogP) is 2.04. The van der Waals surface area contributed by atoms with Crippen LogP contribution in [0, 0.1) is 0 Å². The van der Waals surface area contributed by atoms with E-state index in [4.69, 9.17) is 4.74 Å². The zero-order valence-corrected chi connectivity index (χ0v) is 16.2. The molecule has 3 heterocycles. The smallest absolute Gasteiger partial charge is 0.238 e. The summed E-state index contributed by atoms with van der Waals surface area (Å²) < 4.78 is 5.35. The highest BCUT2D eigenvalue weighted by molar-refractivity contribution is 8.01. The van der Waals surface area contributed by atoms with Gasteiger partial charge in [-0.25, -0.2) is 4.98 Å². The molecule has 1 atom stereocenters. The number of pyridine rings is 1. The Kier molecular flexibility index (Phi) is 5.78. The van der Waals surface area contributed by atoms with Crippen LogP contribution in [0.25, 0.3) is 0 Å². The monoisotopic (exact) mass is 398 g/mol. The molecular weight excluding hydrogens is 376 g/mol. The van der Waals surface area contributed by atoms with Gasteiger partial charge in [-0.05, 0) is 23.8 Å². The quantitative estimate of drug-likeness (QED) is 0.802. The summed E-state index contributed by atoms with van der Waals surface area (Å²) in [6.45, 7) is 3.51. The lowest BCUT2D eigenvalue weighted by molar-refractivity contribution is -0.124. The fourth-order valence-electron chi connectivity index (χ4n) is 3.17. The van der Waals surface area contributed by atoms with Crippen LogP contribution in [0.4, 0.5) is 11.5 Å². The van der Waals surface area contributed by atoms with E-state index in [-0.39, 0.29) is 18.2 Å². The van der Waals surface area contributed by atoms with Crippen LogP contribution >= 0.6 is 11.8 Å². The van der Waals surface area contributed by atoms with Crippen LogP contribution in [0.1, 0.15) is 12.0 Å². The van der Waals surface area contributed by atoms with Crippen molar-refractivity contribution in [2.24, 2.45) is 0 Å². The first-order valence-corrected chi connectivity index (χ1v) is 10.2. The first-order valence-electron chi connectivity index (χ1n) is 9.30. The molecule has 146 valence electrons. The molecule has 7 nitrogen and oxygen atoms in total. The number of aromatic nitrogens is 1. The summed E-state index contributed by atoms with van der Waals surface area (Å²) in [5.41, 5.74) is 1.73. The minimum Gasteiger partial charge on any atom is -0.378 e. The average molecular weight is 398 g/mol. The highest BCUT2D eigenvalue weighted by Gasteiger charge is 2.28. The molecule has 1 fully saturated rings. The fourth-order valence-corrected chi connectivity index (χ4v) is 4.28. The van der Waals surface area contributed by atoms with Crippen LogP contribution in [0.5, 0.6) is 0 Å². The summed E-state index contributed by atoms with van der Waals surface area (Å²) in [5, 5.41) is 5.33. The first kappa shape index (κ1) is 18.8. The summed E-state index contributed by atoms with van der Waals surface area (Å²) in [5.74, 6) is 0.645. The number of hydrogen-bond acceptors (Lipinski definition) is 6. The van der Waals surface area contributed by atoms with Crippen LogP contribution in [-0.2, 0) is 20.9 Å². The van der Waals surface area contributed by atoms with Crippen molar-refractivity contribution in [1.82, 2.24) is 10.3 Å². The Balaban J connectivity index is 1.28. The third-order valence-electron chi connectivity index (χ3n) is 4.71. The molecule has 8 heteroatoms. The van der Waals surface area contributed by atoms with Crippen molar-refractivity contribution in [2.75, 3.05) is 36.5 Å². The molecule has 2 amide bonds. The zero-order chi connectivity index (χ0) is 19.3. The van der Waals surface area contributed by atoms with Crippen LogP contribution in [0.15, 0.2) is 47.5 Å². The minimum atomic E-state index is -0.420. The predicted molar refractivity (Wildman–Crippen MR) is 108 cm³/mol. The van der Waals surface area contributed by atoms with Crippen molar-refractivity contribution in [2.45, 2.75) is 23.1 Å². The number of anilines is 2. The fraction of sp³-hybridized carbons (Fsp3) is 0.350. The summed E-state index contributed by atoms with van der Waals surface area (Å²) in [7, 11) is 0. The van der Waals surface area contributed by atoms with Gasteiger partial charge in [-0.2, -0.15) is 0 Å². The van der Waals surface area contributed by atoms with Gasteiger partial charge in [0.15, 0.2) is 0 Å². The molecule has 0 aliphatic carbocycles. The number of morpholine rings is 1. The molecule has 28 heavy (non-hydrogen) atoms. The van der Waals surface area contributed by atoms with E-state index in [2.05, 4.69) is 20.5 Å². The summed E-state index contributed by atoms with van der Waals surface area (Å²) in [4.78, 5) is 32.2. The van der Waals surface area contributed by atoms with E-state index in [9.17, 15) is 9.59 Å². The topological polar surface area (TPSA) is 83.6 Å². The summed E-state index contributed by atoms with van der Waals surface area (Å²) in [6.07, 6.45) is 1.92. The Morgan fingerprint density at radius 2 is 2.07 bits per heavy atom. The number of thioether (sulfide) groups is 1. The van der Waals surface area contributed by atoms with E-state index < -0.39 is 5.25 Å². The van der Waals surface area contributed by atoms with E-state index in [1.807, 2.05) is 36.4 Å². The van der Waals surface area contributed by atoms with Crippen LogP contribution < -0.4 is 15.5 Å². The van der Waals surface area contributed by atoms with E-state index in [0.29, 0.717) is 6.54 Å². The molecule has 0 radical (unpaired) electrons. The van der Waals surface area contributed by atoms with E-state index in [1.54, 1.807) is 6.20 Å². The van der Waals surface area contributed by atoms with E-state index in [1.165, 1.54) is 11.8 Å². The van der Waals surface area contributed by atoms with Gasteiger partial charge in [0.05, 0.1) is 24.2 Å². The molecule has 0 unspecified atom stereocenters. The highest BCUT2D eigenvalue weighted by atomic mass is 32.2. The van der Waals surface area contributed by atoms with Crippen LogP contribution in [0.2, 0.25) is 0 Å². The second-order valence-corrected chi connectivity index (χ2v) is 7.94. The lowest BCUT2D eigenvalue weighted by atomic mass is 10.2. The third-order valence-corrected chi connectivity index (χ3v) is 5.99. The maximum absolute atomic E-state index is 12.3. The van der Waals surface area contributed by atoms with Crippen molar-refractivity contribution in [1.29, 1.82) is 0 Å². The van der Waals surface area contributed by atoms with Crippen LogP contribution in [0.3, 0.4) is 0 Å². The van der Waals surface area contributed by atoms with Gasteiger partial charge in [0.2, 0.25) is 11.8 Å². The number of carbonyl (C=O) groups excluding carboxylic acids is 2. The van der Waals surface area contributed by atoms with Crippen molar-refractivity contribution < 1.29 is 14.3 Å². The van der Waals surface area contributed by atoms with Crippen molar-refractivity contribution in [3.8, 4) is 0 Å². The lowest BCUT2D eigenvalue weighted by Crippen LogP contribution is -2.36. The summed E-state index contributed by atoms with van der Waals surface area (Å²) in [6, 6.07) is 11.6. The van der Waals surface area contributed by atoms with Gasteiger partial charge in [0, 0.05) is 37.1 Å². The molecule has 2 aromatic rings. The van der Waals surface area contributed by atoms with Gasteiger partial charge in [0.25, 0.3) is 0 Å². The normalized spacial score (nSPS) is 18.9. The van der Waals surface area contributed by atoms with Gasteiger partial charge >= 0.3 is 0 Å². The number of nitrogens with zero attached hydrogens (tertiary/aromatic N) is 2. The molecule has 0 spiro atoms. The summed E-state index contributed by atoms with van der Waals surface area (Å²) >= 11 is 1.43. The van der Waals surface area contributed by atoms with Crippen molar-refractivity contribution in [3.63, 3.8) is 0 Å². The van der Waals surface area contributed by atoms with E-state index in [0.717, 1.165) is 48.3 Å². The van der Waals surface area contributed by atoms with Crippen LogP contribution in [-0.4, -0.2) is 48.4 Å². The molecule has 1 aromatic heterocycles. The second-order valence-electron chi connectivity index (χ2n) is 6.70. The molecule has 1 saturated heterocycles. The number of fused-ring (bicyclic) bond motifs is 1. The Morgan fingerprint density at radius 1 is 1.25 bits per heavy atom. The SMILES string of the molecule is O=C(C[C@H]1Sc2ccccc2NC1=O)NCc1ccc(N2CCOCC2)nc1. The average Bonchev–Trinajstić information content (AvgIpc) is 2.74. The number of nitrogens with one attached hydrogen (secondary N) is 2. The van der Waals surface area contributed by atoms with Gasteiger partial charge in [0.1, 0.15) is 5.82 Å². The molecule has 1 aromatic carbocycles. The van der Waals surface area contributed by atoms with Crippen molar-refractivity contribution >= 4 is 35.1 Å². The highest BCUT2D eigenvalue weighted by Crippen LogP contribution is 2.36. The Labute approximate surface area is 167 Å². The third kappa shape index (κ3) is 4.45. The molecule has 0 saturated carbocycles. The van der Waals surface area contributed by atoms with Gasteiger partial charge in [-0.1, -0.05) is 18.2 Å². The molecule has 2 N–H and O–H groups in total. The number of para-hydroxylation sites is 1. The number of ether oxygens (including phenoxy) is 1. The maximum Gasteiger partial charge on any atom is 0.238 e. The number of benzene rings is 1. The Morgan fingerprint density at radius 3 is 2.86 bits per heavy atom. The van der Waals surface area contributed by atoms with Gasteiger partial charge < -0.3 is 20.3 Å². The second kappa shape index (κ2) is 8.62. The molecule has 2 aliphatic rings. The number of hydrogen-bond donors (Lipinski definition) is 2. The zero-order valence-electron chi connectivity index (χ0n) is 15.4. The Hall–Kier alpha value is -2.58. The van der Waals surface area contributed by atoms with Gasteiger partial charge in [-0.15, -0.1) is 11.8 Å². The Bertz CT molecular complexity index is 853. The molecule has 2 aliphatic heterocycles. The lowest BCUT2D eigenvalue weighted by Gasteiger charge is -2.27. The standard InChI is InChI=1S/C20H22N4O3S/c25-19(11-17-20(26)23-15-3-1-2-4-16(15)28-17)22-13-14-5-6-18(21-12-14)24-7-9-27-10-8-24/h1-6,12,17H,7-11,13H2,(H,22,25)(H,23,26)/t17-/m1/s1. The van der Waals surface area contributed by atoms with Gasteiger partial charge in [-0.3, -0.25) is 9.59 Å². The number of rotatable bonds is 5.